The Bertz CT molecular complexity index is 2620. The van der Waals surface area contributed by atoms with Crippen LogP contribution < -0.4 is 26.4 Å². The van der Waals surface area contributed by atoms with Crippen molar-refractivity contribution in [2.24, 2.45) is 0 Å². The number of nitrogens with zero attached hydrogens (tertiary/aromatic N) is 1. The zero-order chi connectivity index (χ0) is 46.7. The Morgan fingerprint density at radius 3 is 0.889 bits per heavy atom. The molecule has 6 aromatic carbocycles. The number of halogens is 21. The molecule has 0 saturated heterocycles. The van der Waals surface area contributed by atoms with E-state index in [9.17, 15) is 52.7 Å². The van der Waals surface area contributed by atoms with Crippen LogP contribution in [0.5, 0.6) is 0 Å². The largest absolute Gasteiger partial charge is 0.275 e. The van der Waals surface area contributed by atoms with Gasteiger partial charge in [-0.1, -0.05) is 48.5 Å². The van der Waals surface area contributed by atoms with Crippen LogP contribution in [0.2, 0.25) is 5.15 Å². The molecule has 0 radical (unpaired) electrons. The molecule has 1 nitrogen and oxygen atoms in total. The topological polar surface area (TPSA) is 3.88 Å². The SMILES string of the molecule is Clc1cc2ccccc2c[n+]1Cc1ccccc1.Fc1c(F)c(F)c([B-](c2c(F)c(F)c(F)c(F)c2F)(c2c(F)c(F)c(F)c(F)c2F)c2c(F)c(F)c(F)c(F)c2F)c(F)c1F. The summed E-state index contributed by atoms with van der Waals surface area (Å²) in [5, 5.41) is 3.14. The monoisotopic (exact) mass is 933 g/mol. The van der Waals surface area contributed by atoms with Gasteiger partial charge in [-0.2, -0.15) is 4.57 Å². The summed E-state index contributed by atoms with van der Waals surface area (Å²) in [6, 6.07) is 20.6. The number of fused-ring (bicyclic) bond motifs is 1. The van der Waals surface area contributed by atoms with Crippen molar-refractivity contribution in [2.75, 3.05) is 0 Å². The molecule has 0 aliphatic carbocycles. The molecule has 0 saturated carbocycles. The average Bonchev–Trinajstić information content (AvgIpc) is 3.27. The van der Waals surface area contributed by atoms with Crippen LogP contribution in [0.25, 0.3) is 10.8 Å². The van der Waals surface area contributed by atoms with E-state index in [-0.39, 0.29) is 0 Å². The highest BCUT2D eigenvalue weighted by molar-refractivity contribution is 7.20. The van der Waals surface area contributed by atoms with Crippen LogP contribution in [0.15, 0.2) is 66.9 Å². The van der Waals surface area contributed by atoms with Crippen molar-refractivity contribution < 1.29 is 92.4 Å². The first-order valence-electron chi connectivity index (χ1n) is 16.9. The molecule has 0 N–H and O–H groups in total. The van der Waals surface area contributed by atoms with Gasteiger partial charge in [-0.05, 0) is 23.1 Å². The van der Waals surface area contributed by atoms with E-state index < -0.39 is 144 Å². The van der Waals surface area contributed by atoms with Gasteiger partial charge in [0.2, 0.25) is 0 Å². The van der Waals surface area contributed by atoms with Crippen LogP contribution in [0.3, 0.4) is 0 Å². The molecule has 328 valence electrons. The van der Waals surface area contributed by atoms with Gasteiger partial charge in [-0.3, -0.25) is 0 Å². The van der Waals surface area contributed by atoms with E-state index in [1.165, 1.54) is 16.3 Å². The normalized spacial score (nSPS) is 11.6. The zero-order valence-corrected chi connectivity index (χ0v) is 30.8. The maximum absolute atomic E-state index is 15.4. The number of hydrogen-bond acceptors (Lipinski definition) is 0. The molecule has 1 heterocycles. The Morgan fingerprint density at radius 1 is 0.333 bits per heavy atom. The molecule has 63 heavy (non-hydrogen) atoms. The Labute approximate surface area is 342 Å². The number of aromatic nitrogens is 1. The molecule has 0 aliphatic heterocycles. The second-order valence-electron chi connectivity index (χ2n) is 13.1. The van der Waals surface area contributed by atoms with E-state index in [2.05, 4.69) is 35.0 Å². The van der Waals surface area contributed by atoms with E-state index in [0.29, 0.717) is 0 Å². The third kappa shape index (κ3) is 7.26. The quantitative estimate of drug-likeness (QED) is 0.0391. The summed E-state index contributed by atoms with van der Waals surface area (Å²) in [6.45, 7) is 0.796. The van der Waals surface area contributed by atoms with Gasteiger partial charge < -0.3 is 0 Å². The minimum atomic E-state index is -7.22. The van der Waals surface area contributed by atoms with Gasteiger partial charge in [0, 0.05) is 17.0 Å². The molecular weight excluding hydrogens is 921 g/mol. The highest BCUT2D eigenvalue weighted by atomic mass is 35.5. The predicted molar refractivity (Wildman–Crippen MR) is 184 cm³/mol. The maximum Gasteiger partial charge on any atom is 0.275 e. The van der Waals surface area contributed by atoms with Crippen LogP contribution in [0.1, 0.15) is 5.56 Å². The van der Waals surface area contributed by atoms with Gasteiger partial charge in [0.25, 0.3) is 5.15 Å². The second-order valence-corrected chi connectivity index (χ2v) is 13.5. The first-order valence-corrected chi connectivity index (χ1v) is 17.3. The lowest BCUT2D eigenvalue weighted by Gasteiger charge is -2.44. The van der Waals surface area contributed by atoms with Gasteiger partial charge in [0.15, 0.2) is 82.5 Å². The zero-order valence-electron chi connectivity index (χ0n) is 30.0. The molecule has 0 amide bonds. The molecule has 0 aliphatic rings. The molecular formula is C40H13BClF20N. The number of rotatable bonds is 6. The van der Waals surface area contributed by atoms with Crippen LogP contribution in [0, 0.1) is 116 Å². The van der Waals surface area contributed by atoms with Crippen molar-refractivity contribution in [3.05, 3.63) is 194 Å². The summed E-state index contributed by atoms with van der Waals surface area (Å²) < 4.78 is 296. The molecule has 23 heteroatoms. The maximum atomic E-state index is 15.4. The lowest BCUT2D eigenvalue weighted by atomic mass is 9.12. The molecule has 0 unspecified atom stereocenters. The van der Waals surface area contributed by atoms with Crippen LogP contribution in [-0.4, -0.2) is 6.15 Å². The Balaban J connectivity index is 0.000000302. The fourth-order valence-corrected chi connectivity index (χ4v) is 7.20. The molecule has 7 aromatic rings. The molecule has 1 aromatic heterocycles. The van der Waals surface area contributed by atoms with Crippen molar-refractivity contribution in [2.45, 2.75) is 6.54 Å². The van der Waals surface area contributed by atoms with Crippen molar-refractivity contribution >= 4 is 50.4 Å². The number of benzene rings is 6. The van der Waals surface area contributed by atoms with Crippen LogP contribution in [-0.2, 0) is 6.54 Å². The highest BCUT2D eigenvalue weighted by Gasteiger charge is 2.52. The minimum absolute atomic E-state index is 0.762. The number of hydrogen-bond donors (Lipinski definition) is 0. The first kappa shape index (κ1) is 46.2. The number of pyridine rings is 1. The van der Waals surface area contributed by atoms with Crippen LogP contribution >= 0.6 is 11.6 Å². The molecule has 0 spiro atoms. The summed E-state index contributed by atoms with van der Waals surface area (Å²) >= 11 is 6.32. The standard InChI is InChI=1S/C24BF20.C16H13ClN/c26-5-1(6(27)14(35)21(42)13(5)34)25(2-7(28)15(36)22(43)16(37)8(2)29,3-9(30)17(38)23(44)18(39)10(3)31)4-11(32)19(40)24(45)20(41)12(4)33;17-16-10-14-8-4-5-9-15(14)12-18(16)11-13-6-2-1-3-7-13/h;1-10,12H,11H2/q-1;+1. The second kappa shape index (κ2) is 17.1. The third-order valence-electron chi connectivity index (χ3n) is 9.74. The molecule has 0 atom stereocenters. The Kier molecular flexibility index (Phi) is 12.5. The van der Waals surface area contributed by atoms with E-state index in [0.717, 1.165) is 11.7 Å². The third-order valence-corrected chi connectivity index (χ3v) is 10.1. The van der Waals surface area contributed by atoms with Gasteiger partial charge in [-0.15, -0.1) is 21.9 Å². The van der Waals surface area contributed by atoms with E-state index in [4.69, 9.17) is 11.6 Å². The summed E-state index contributed by atoms with van der Waals surface area (Å²) in [4.78, 5) is 0. The molecule has 0 fully saturated rings. The summed E-state index contributed by atoms with van der Waals surface area (Å²) in [7, 11) is 0. The van der Waals surface area contributed by atoms with E-state index in [1.54, 1.807) is 0 Å². The Hall–Kier alpha value is -6.32. The fraction of sp³-hybridized carbons (Fsp3) is 0.0250. The van der Waals surface area contributed by atoms with E-state index >= 15 is 35.1 Å². The summed E-state index contributed by atoms with van der Waals surface area (Å²) in [5.41, 5.74) is -13.1. The summed E-state index contributed by atoms with van der Waals surface area (Å²) in [6.07, 6.45) is -5.12. The molecule has 7 rings (SSSR count). The minimum Gasteiger partial charge on any atom is -0.207 e. The lowest BCUT2D eigenvalue weighted by Crippen LogP contribution is -2.81. The van der Waals surface area contributed by atoms with Gasteiger partial charge >= 0.3 is 0 Å². The lowest BCUT2D eigenvalue weighted by molar-refractivity contribution is -0.684. The Morgan fingerprint density at radius 2 is 0.587 bits per heavy atom. The van der Waals surface area contributed by atoms with Gasteiger partial charge in [0.05, 0.1) is 0 Å². The van der Waals surface area contributed by atoms with Crippen molar-refractivity contribution in [3.63, 3.8) is 0 Å². The fourth-order valence-electron chi connectivity index (χ4n) is 6.98. The van der Waals surface area contributed by atoms with Crippen molar-refractivity contribution in [1.29, 1.82) is 0 Å². The first-order chi connectivity index (χ1) is 29.5. The van der Waals surface area contributed by atoms with E-state index in [1.807, 2.05) is 36.4 Å². The van der Waals surface area contributed by atoms with Gasteiger partial charge in [-0.25, -0.2) is 87.8 Å². The predicted octanol–water partition coefficient (Wildman–Crippen LogP) is 9.67. The van der Waals surface area contributed by atoms with Crippen molar-refractivity contribution in [1.82, 2.24) is 0 Å². The molecule has 0 bridgehead atoms. The van der Waals surface area contributed by atoms with Crippen LogP contribution in [0.4, 0.5) is 87.8 Å². The smallest absolute Gasteiger partial charge is 0.207 e. The highest BCUT2D eigenvalue weighted by Crippen LogP contribution is 2.31. The van der Waals surface area contributed by atoms with Gasteiger partial charge in [0.1, 0.15) is 52.7 Å². The van der Waals surface area contributed by atoms with Crippen molar-refractivity contribution in [3.8, 4) is 0 Å². The summed E-state index contributed by atoms with van der Waals surface area (Å²) in [5.74, 6) is -71.4. The average molecular weight is 934 g/mol.